The number of carbonyl (C=O) groups excluding carboxylic acids is 1. The molecular formula is C13H19NO3. The largest absolute Gasteiger partial charge is 0.496 e. The average Bonchev–Trinajstić information content (AvgIpc) is 2.25. The molecule has 1 rings (SSSR count). The van der Waals surface area contributed by atoms with Gasteiger partial charge in [0.15, 0.2) is 0 Å². The molecule has 0 saturated carbocycles. The van der Waals surface area contributed by atoms with Gasteiger partial charge >= 0.3 is 0 Å². The van der Waals surface area contributed by atoms with Crippen molar-refractivity contribution in [3.05, 3.63) is 23.8 Å². The highest BCUT2D eigenvalue weighted by Crippen LogP contribution is 2.24. The Labute approximate surface area is 102 Å². The number of hydrogen-bond acceptors (Lipinski definition) is 3. The number of likely N-dealkylation sites (N-methyl/N-ethyl adjacent to an activating group) is 1. The van der Waals surface area contributed by atoms with Crippen LogP contribution in [0.5, 0.6) is 5.75 Å². The highest BCUT2D eigenvalue weighted by Gasteiger charge is 2.28. The second-order valence-corrected chi connectivity index (χ2v) is 4.58. The molecule has 0 heterocycles. The van der Waals surface area contributed by atoms with Gasteiger partial charge in [-0.15, -0.1) is 0 Å². The zero-order valence-electron chi connectivity index (χ0n) is 10.9. The van der Waals surface area contributed by atoms with Crippen LogP contribution in [0.4, 0.5) is 5.69 Å². The molecule has 0 saturated heterocycles. The molecule has 0 spiro atoms. The number of methoxy groups -OCH3 is 1. The first kappa shape index (κ1) is 13.5. The molecule has 1 aromatic rings. The van der Waals surface area contributed by atoms with Crippen LogP contribution in [-0.2, 0) is 4.79 Å². The van der Waals surface area contributed by atoms with Crippen LogP contribution in [0.1, 0.15) is 19.4 Å². The van der Waals surface area contributed by atoms with Crippen LogP contribution in [0, 0.1) is 6.92 Å². The number of ether oxygens (including phenoxy) is 1. The summed E-state index contributed by atoms with van der Waals surface area (Å²) in [4.78, 5) is 13.3. The van der Waals surface area contributed by atoms with Gasteiger partial charge in [-0.1, -0.05) is 0 Å². The number of amides is 1. The van der Waals surface area contributed by atoms with Gasteiger partial charge in [-0.05, 0) is 44.5 Å². The number of aryl methyl sites for hydroxylation is 1. The van der Waals surface area contributed by atoms with E-state index in [2.05, 4.69) is 0 Å². The van der Waals surface area contributed by atoms with E-state index in [9.17, 15) is 9.90 Å². The Morgan fingerprint density at radius 3 is 2.41 bits per heavy atom. The van der Waals surface area contributed by atoms with Gasteiger partial charge < -0.3 is 14.7 Å². The standard InChI is InChI=1S/C13H19NO3/c1-9-8-10(6-7-11(9)17-5)14(4)12(15)13(2,3)16/h6-8,16H,1-5H3. The summed E-state index contributed by atoms with van der Waals surface area (Å²) in [6.07, 6.45) is 0. The predicted octanol–water partition coefficient (Wildman–Crippen LogP) is 1.74. The minimum Gasteiger partial charge on any atom is -0.496 e. The quantitative estimate of drug-likeness (QED) is 0.871. The molecule has 0 aliphatic heterocycles. The van der Waals surface area contributed by atoms with Crippen molar-refractivity contribution in [2.45, 2.75) is 26.4 Å². The maximum Gasteiger partial charge on any atom is 0.258 e. The van der Waals surface area contributed by atoms with Gasteiger partial charge in [0.25, 0.3) is 5.91 Å². The molecule has 1 aromatic carbocycles. The Hall–Kier alpha value is -1.55. The van der Waals surface area contributed by atoms with E-state index in [1.54, 1.807) is 26.3 Å². The van der Waals surface area contributed by atoms with Crippen LogP contribution < -0.4 is 9.64 Å². The van der Waals surface area contributed by atoms with Crippen molar-refractivity contribution in [2.75, 3.05) is 19.1 Å². The van der Waals surface area contributed by atoms with Crippen LogP contribution in [0.2, 0.25) is 0 Å². The van der Waals surface area contributed by atoms with Gasteiger partial charge in [0.1, 0.15) is 11.4 Å². The minimum absolute atomic E-state index is 0.345. The number of anilines is 1. The average molecular weight is 237 g/mol. The molecular weight excluding hydrogens is 218 g/mol. The summed E-state index contributed by atoms with van der Waals surface area (Å²) in [5, 5.41) is 9.67. The molecule has 0 aliphatic carbocycles. The van der Waals surface area contributed by atoms with E-state index in [-0.39, 0.29) is 5.91 Å². The zero-order chi connectivity index (χ0) is 13.2. The Kier molecular flexibility index (Phi) is 3.78. The summed E-state index contributed by atoms with van der Waals surface area (Å²) in [5.74, 6) is 0.430. The molecule has 0 radical (unpaired) electrons. The lowest BCUT2D eigenvalue weighted by molar-refractivity contribution is -0.133. The summed E-state index contributed by atoms with van der Waals surface area (Å²) < 4.78 is 5.15. The summed E-state index contributed by atoms with van der Waals surface area (Å²) in [6, 6.07) is 5.44. The monoisotopic (exact) mass is 237 g/mol. The zero-order valence-corrected chi connectivity index (χ0v) is 10.9. The van der Waals surface area contributed by atoms with Crippen LogP contribution in [0.25, 0.3) is 0 Å². The maximum absolute atomic E-state index is 11.9. The van der Waals surface area contributed by atoms with Gasteiger partial charge in [0.2, 0.25) is 0 Å². The third-order valence-corrected chi connectivity index (χ3v) is 2.59. The summed E-state index contributed by atoms with van der Waals surface area (Å²) in [6.45, 7) is 4.86. The summed E-state index contributed by atoms with van der Waals surface area (Å²) >= 11 is 0. The van der Waals surface area contributed by atoms with Crippen LogP contribution in [-0.4, -0.2) is 30.8 Å². The number of aliphatic hydroxyl groups is 1. The third-order valence-electron chi connectivity index (χ3n) is 2.59. The van der Waals surface area contributed by atoms with Gasteiger partial charge in [-0.25, -0.2) is 0 Å². The number of nitrogens with zero attached hydrogens (tertiary/aromatic N) is 1. The molecule has 4 nitrogen and oxygen atoms in total. The molecule has 0 atom stereocenters. The van der Waals surface area contributed by atoms with E-state index in [0.717, 1.165) is 17.0 Å². The van der Waals surface area contributed by atoms with Crippen molar-refractivity contribution in [1.82, 2.24) is 0 Å². The predicted molar refractivity (Wildman–Crippen MR) is 67.4 cm³/mol. The third kappa shape index (κ3) is 2.97. The molecule has 4 heteroatoms. The van der Waals surface area contributed by atoms with Gasteiger partial charge in [0.05, 0.1) is 7.11 Å². The smallest absolute Gasteiger partial charge is 0.258 e. The molecule has 17 heavy (non-hydrogen) atoms. The van der Waals surface area contributed by atoms with Crippen molar-refractivity contribution < 1.29 is 14.6 Å². The van der Waals surface area contributed by atoms with Crippen molar-refractivity contribution in [2.24, 2.45) is 0 Å². The molecule has 0 unspecified atom stereocenters. The first-order valence-corrected chi connectivity index (χ1v) is 5.42. The fourth-order valence-corrected chi connectivity index (χ4v) is 1.60. The highest BCUT2D eigenvalue weighted by atomic mass is 16.5. The van der Waals surface area contributed by atoms with Crippen molar-refractivity contribution in [3.63, 3.8) is 0 Å². The second kappa shape index (κ2) is 4.75. The first-order chi connectivity index (χ1) is 7.77. The van der Waals surface area contributed by atoms with Crippen molar-refractivity contribution in [1.29, 1.82) is 0 Å². The minimum atomic E-state index is -1.37. The molecule has 1 amide bonds. The molecule has 0 aliphatic rings. The van der Waals surface area contributed by atoms with E-state index in [4.69, 9.17) is 4.74 Å². The fourth-order valence-electron chi connectivity index (χ4n) is 1.60. The first-order valence-electron chi connectivity index (χ1n) is 5.42. The second-order valence-electron chi connectivity index (χ2n) is 4.58. The van der Waals surface area contributed by atoms with Crippen molar-refractivity contribution >= 4 is 11.6 Å². The molecule has 1 N–H and O–H groups in total. The fraction of sp³-hybridized carbons (Fsp3) is 0.462. The van der Waals surface area contributed by atoms with Crippen LogP contribution >= 0.6 is 0 Å². The van der Waals surface area contributed by atoms with Crippen LogP contribution in [0.3, 0.4) is 0 Å². The van der Waals surface area contributed by atoms with E-state index >= 15 is 0 Å². The Morgan fingerprint density at radius 2 is 2.00 bits per heavy atom. The number of benzene rings is 1. The lowest BCUT2D eigenvalue weighted by Gasteiger charge is -2.25. The summed E-state index contributed by atoms with van der Waals surface area (Å²) in [5.41, 5.74) is 0.304. The SMILES string of the molecule is COc1ccc(N(C)C(=O)C(C)(C)O)cc1C. The Morgan fingerprint density at radius 1 is 1.41 bits per heavy atom. The van der Waals surface area contributed by atoms with Gasteiger partial charge in [-0.3, -0.25) is 4.79 Å². The Bertz CT molecular complexity index is 421. The van der Waals surface area contributed by atoms with E-state index in [1.165, 1.54) is 18.7 Å². The maximum atomic E-state index is 11.9. The van der Waals surface area contributed by atoms with E-state index in [1.807, 2.05) is 13.0 Å². The molecule has 0 bridgehead atoms. The number of carbonyl (C=O) groups is 1. The number of hydrogen-bond donors (Lipinski definition) is 1. The van der Waals surface area contributed by atoms with Gasteiger partial charge in [-0.2, -0.15) is 0 Å². The summed E-state index contributed by atoms with van der Waals surface area (Å²) in [7, 11) is 3.25. The molecule has 94 valence electrons. The Balaban J connectivity index is 3.02. The van der Waals surface area contributed by atoms with E-state index < -0.39 is 5.60 Å². The van der Waals surface area contributed by atoms with Crippen LogP contribution in [0.15, 0.2) is 18.2 Å². The van der Waals surface area contributed by atoms with E-state index in [0.29, 0.717) is 0 Å². The molecule has 0 fully saturated rings. The lowest BCUT2D eigenvalue weighted by atomic mass is 10.1. The lowest BCUT2D eigenvalue weighted by Crippen LogP contribution is -2.43. The highest BCUT2D eigenvalue weighted by molar-refractivity contribution is 5.98. The molecule has 0 aromatic heterocycles. The normalized spacial score (nSPS) is 11.2. The van der Waals surface area contributed by atoms with Crippen molar-refractivity contribution in [3.8, 4) is 5.75 Å². The number of rotatable bonds is 3. The van der Waals surface area contributed by atoms with Gasteiger partial charge in [0, 0.05) is 12.7 Å². The topological polar surface area (TPSA) is 49.8 Å².